The normalized spacial score (nSPS) is 20.0. The number of halogens is 1. The standard InChI is InChI=1S/C10H13ClN4O3S/c11-7-2-8(12)10(14-3-7)15-4-6(1-9(15)16)5-19(13,17)18/h2-3,6H,1,4-5,12H2,(H2,13,17,18). The first-order chi connectivity index (χ1) is 8.76. The number of anilines is 2. The van der Waals surface area contributed by atoms with Crippen LogP contribution >= 0.6 is 11.6 Å². The van der Waals surface area contributed by atoms with E-state index in [0.717, 1.165) is 0 Å². The van der Waals surface area contributed by atoms with E-state index >= 15 is 0 Å². The molecule has 0 aliphatic carbocycles. The summed E-state index contributed by atoms with van der Waals surface area (Å²) in [4.78, 5) is 17.2. The number of carbonyl (C=O) groups is 1. The Labute approximate surface area is 115 Å². The Morgan fingerprint density at radius 2 is 2.21 bits per heavy atom. The van der Waals surface area contributed by atoms with E-state index in [4.69, 9.17) is 22.5 Å². The Hall–Kier alpha value is -1.38. The zero-order valence-electron chi connectivity index (χ0n) is 9.91. The highest BCUT2D eigenvalue weighted by molar-refractivity contribution is 7.89. The lowest BCUT2D eigenvalue weighted by atomic mass is 10.1. The first-order valence-corrected chi connectivity index (χ1v) is 7.57. The first kappa shape index (κ1) is 14.0. The average molecular weight is 305 g/mol. The van der Waals surface area contributed by atoms with Gasteiger partial charge in [-0.25, -0.2) is 18.5 Å². The third kappa shape index (κ3) is 3.34. The lowest BCUT2D eigenvalue weighted by Crippen LogP contribution is -2.28. The molecular weight excluding hydrogens is 292 g/mol. The molecule has 1 fully saturated rings. The van der Waals surface area contributed by atoms with Crippen molar-refractivity contribution in [2.45, 2.75) is 6.42 Å². The van der Waals surface area contributed by atoms with Crippen LogP contribution in [0.1, 0.15) is 6.42 Å². The highest BCUT2D eigenvalue weighted by atomic mass is 35.5. The number of sulfonamides is 1. The predicted octanol–water partition coefficient (Wildman–Crippen LogP) is -0.0414. The molecule has 1 aromatic heterocycles. The van der Waals surface area contributed by atoms with Gasteiger partial charge in [-0.05, 0) is 6.07 Å². The van der Waals surface area contributed by atoms with Gasteiger partial charge in [0, 0.05) is 25.1 Å². The van der Waals surface area contributed by atoms with E-state index in [2.05, 4.69) is 4.98 Å². The molecule has 19 heavy (non-hydrogen) atoms. The number of primary sulfonamides is 1. The Balaban J connectivity index is 2.20. The van der Waals surface area contributed by atoms with Crippen LogP contribution in [-0.2, 0) is 14.8 Å². The summed E-state index contributed by atoms with van der Waals surface area (Å²) in [5.74, 6) is -0.510. The number of amides is 1. The van der Waals surface area contributed by atoms with Crippen molar-refractivity contribution in [3.63, 3.8) is 0 Å². The number of pyridine rings is 1. The molecule has 104 valence electrons. The van der Waals surface area contributed by atoms with Crippen LogP contribution in [0.3, 0.4) is 0 Å². The van der Waals surface area contributed by atoms with Crippen molar-refractivity contribution in [3.8, 4) is 0 Å². The quantitative estimate of drug-likeness (QED) is 0.812. The van der Waals surface area contributed by atoms with Crippen LogP contribution in [-0.4, -0.2) is 31.6 Å². The van der Waals surface area contributed by atoms with Crippen molar-refractivity contribution in [2.75, 3.05) is 22.9 Å². The molecule has 0 radical (unpaired) electrons. The summed E-state index contributed by atoms with van der Waals surface area (Å²) in [6.07, 6.45) is 1.49. The number of nitrogens with zero attached hydrogens (tertiary/aromatic N) is 2. The molecule has 9 heteroatoms. The van der Waals surface area contributed by atoms with Gasteiger partial charge in [-0.2, -0.15) is 0 Å². The fraction of sp³-hybridized carbons (Fsp3) is 0.400. The Morgan fingerprint density at radius 3 is 2.79 bits per heavy atom. The van der Waals surface area contributed by atoms with Gasteiger partial charge in [0.05, 0.1) is 16.5 Å². The number of aromatic nitrogens is 1. The van der Waals surface area contributed by atoms with Gasteiger partial charge in [-0.3, -0.25) is 9.69 Å². The molecule has 0 aromatic carbocycles. The molecule has 1 saturated heterocycles. The van der Waals surface area contributed by atoms with Crippen LogP contribution < -0.4 is 15.8 Å². The molecule has 1 aliphatic rings. The number of hydrogen-bond acceptors (Lipinski definition) is 5. The smallest absolute Gasteiger partial charge is 0.228 e. The van der Waals surface area contributed by atoms with Gasteiger partial charge in [0.25, 0.3) is 0 Å². The van der Waals surface area contributed by atoms with Crippen LogP contribution in [0.5, 0.6) is 0 Å². The summed E-state index contributed by atoms with van der Waals surface area (Å²) < 4.78 is 22.1. The second kappa shape index (κ2) is 4.95. The van der Waals surface area contributed by atoms with Gasteiger partial charge in [-0.1, -0.05) is 11.6 Å². The van der Waals surface area contributed by atoms with Crippen LogP contribution in [0.25, 0.3) is 0 Å². The van der Waals surface area contributed by atoms with Crippen LogP contribution in [0.15, 0.2) is 12.3 Å². The SMILES string of the molecule is Nc1cc(Cl)cnc1N1CC(CS(N)(=O)=O)CC1=O. The third-order valence-electron chi connectivity index (χ3n) is 2.79. The summed E-state index contributed by atoms with van der Waals surface area (Å²) in [5, 5.41) is 5.35. The Bertz CT molecular complexity index is 619. The maximum Gasteiger partial charge on any atom is 0.228 e. The predicted molar refractivity (Wildman–Crippen MR) is 72.1 cm³/mol. The zero-order valence-corrected chi connectivity index (χ0v) is 11.5. The Kier molecular flexibility index (Phi) is 3.66. The fourth-order valence-electron chi connectivity index (χ4n) is 2.10. The first-order valence-electron chi connectivity index (χ1n) is 5.48. The minimum Gasteiger partial charge on any atom is -0.396 e. The van der Waals surface area contributed by atoms with Crippen molar-refractivity contribution >= 4 is 39.0 Å². The maximum atomic E-state index is 11.9. The largest absolute Gasteiger partial charge is 0.396 e. The number of hydrogen-bond donors (Lipinski definition) is 2. The molecule has 2 heterocycles. The summed E-state index contributed by atoms with van der Waals surface area (Å²) in [5.41, 5.74) is 6.03. The molecule has 1 aliphatic heterocycles. The van der Waals surface area contributed by atoms with Gasteiger partial charge in [0.15, 0.2) is 5.82 Å². The molecule has 1 amide bonds. The van der Waals surface area contributed by atoms with Crippen molar-refractivity contribution in [3.05, 3.63) is 17.3 Å². The van der Waals surface area contributed by atoms with E-state index in [0.29, 0.717) is 10.8 Å². The molecule has 0 bridgehead atoms. The summed E-state index contributed by atoms with van der Waals surface area (Å²) >= 11 is 5.73. The van der Waals surface area contributed by atoms with Crippen LogP contribution in [0, 0.1) is 5.92 Å². The number of nitrogen functional groups attached to an aromatic ring is 1. The summed E-state index contributed by atoms with van der Waals surface area (Å²) in [6, 6.07) is 1.49. The third-order valence-corrected chi connectivity index (χ3v) is 3.93. The lowest BCUT2D eigenvalue weighted by molar-refractivity contribution is -0.117. The monoisotopic (exact) mass is 304 g/mol. The number of nitrogens with two attached hydrogens (primary N) is 2. The minimum atomic E-state index is -3.61. The molecule has 7 nitrogen and oxygen atoms in total. The maximum absolute atomic E-state index is 11.9. The molecule has 1 unspecified atom stereocenters. The van der Waals surface area contributed by atoms with Gasteiger partial charge >= 0.3 is 0 Å². The topological polar surface area (TPSA) is 119 Å². The molecule has 4 N–H and O–H groups in total. The van der Waals surface area contributed by atoms with Gasteiger partial charge in [0.1, 0.15) is 0 Å². The van der Waals surface area contributed by atoms with E-state index < -0.39 is 10.0 Å². The fourth-order valence-corrected chi connectivity index (χ4v) is 3.15. The van der Waals surface area contributed by atoms with E-state index in [-0.39, 0.29) is 36.2 Å². The molecule has 0 spiro atoms. The van der Waals surface area contributed by atoms with Crippen LogP contribution in [0.2, 0.25) is 5.02 Å². The van der Waals surface area contributed by atoms with E-state index in [1.165, 1.54) is 17.2 Å². The number of rotatable bonds is 3. The van der Waals surface area contributed by atoms with E-state index in [1.807, 2.05) is 0 Å². The lowest BCUT2D eigenvalue weighted by Gasteiger charge is -2.17. The highest BCUT2D eigenvalue weighted by Crippen LogP contribution is 2.29. The van der Waals surface area contributed by atoms with Crippen molar-refractivity contribution < 1.29 is 13.2 Å². The summed E-state index contributed by atoms with van der Waals surface area (Å²) in [7, 11) is -3.61. The van der Waals surface area contributed by atoms with Crippen LogP contribution in [0.4, 0.5) is 11.5 Å². The molecular formula is C10H13ClN4O3S. The van der Waals surface area contributed by atoms with Crippen molar-refractivity contribution in [2.24, 2.45) is 11.1 Å². The van der Waals surface area contributed by atoms with Gasteiger partial charge in [-0.15, -0.1) is 0 Å². The Morgan fingerprint density at radius 1 is 1.53 bits per heavy atom. The van der Waals surface area contributed by atoms with Gasteiger partial charge in [0.2, 0.25) is 15.9 Å². The highest BCUT2D eigenvalue weighted by Gasteiger charge is 2.34. The minimum absolute atomic E-state index is 0.111. The van der Waals surface area contributed by atoms with E-state index in [9.17, 15) is 13.2 Å². The van der Waals surface area contributed by atoms with Gasteiger partial charge < -0.3 is 5.73 Å². The molecule has 1 aromatic rings. The molecule has 2 rings (SSSR count). The second-order valence-electron chi connectivity index (χ2n) is 4.47. The zero-order chi connectivity index (χ0) is 14.2. The second-order valence-corrected chi connectivity index (χ2v) is 6.57. The van der Waals surface area contributed by atoms with Crippen molar-refractivity contribution in [1.82, 2.24) is 4.98 Å². The molecule has 0 saturated carbocycles. The summed E-state index contributed by atoms with van der Waals surface area (Å²) in [6.45, 7) is 0.230. The molecule has 1 atom stereocenters. The average Bonchev–Trinajstić information content (AvgIpc) is 2.56. The van der Waals surface area contributed by atoms with E-state index in [1.54, 1.807) is 0 Å². The number of carbonyl (C=O) groups excluding carboxylic acids is 1. The van der Waals surface area contributed by atoms with Crippen molar-refractivity contribution in [1.29, 1.82) is 0 Å².